The van der Waals surface area contributed by atoms with Crippen molar-refractivity contribution in [3.63, 3.8) is 0 Å². The lowest BCUT2D eigenvalue weighted by Gasteiger charge is -2.18. The molecule has 1 heterocycles. The fraction of sp³-hybridized carbons (Fsp3) is 0.800. The van der Waals surface area contributed by atoms with Gasteiger partial charge in [0, 0.05) is 19.9 Å². The third-order valence-corrected chi connectivity index (χ3v) is 2.30. The molecule has 0 unspecified atom stereocenters. The minimum Gasteiger partial charge on any atom is -0.426 e. The van der Waals surface area contributed by atoms with Crippen molar-refractivity contribution >= 4 is 0 Å². The number of hydrogen-bond acceptors (Lipinski definition) is 5. The molecule has 1 aromatic heterocycles. The van der Waals surface area contributed by atoms with Gasteiger partial charge in [-0.2, -0.15) is 0 Å². The molecular weight excluding hydrogens is 194 g/mol. The summed E-state index contributed by atoms with van der Waals surface area (Å²) in [6, 6.07) is 0. The van der Waals surface area contributed by atoms with Crippen molar-refractivity contribution < 1.29 is 9.52 Å². The number of nitrogens with zero attached hydrogens (tertiary/aromatic N) is 3. The molecule has 5 heteroatoms. The van der Waals surface area contributed by atoms with Crippen molar-refractivity contribution in [3.8, 4) is 0 Å². The van der Waals surface area contributed by atoms with Crippen molar-refractivity contribution in [3.05, 3.63) is 11.8 Å². The Hall–Kier alpha value is -0.940. The lowest BCUT2D eigenvalue weighted by Crippen LogP contribution is -2.27. The third kappa shape index (κ3) is 4.40. The van der Waals surface area contributed by atoms with E-state index >= 15 is 0 Å². The van der Waals surface area contributed by atoms with Crippen LogP contribution in [-0.4, -0.2) is 46.4 Å². The lowest BCUT2D eigenvalue weighted by molar-refractivity contribution is 0.200. The Morgan fingerprint density at radius 3 is 2.67 bits per heavy atom. The Balaban J connectivity index is 2.20. The molecule has 0 amide bonds. The number of aryl methyl sites for hydroxylation is 2. The van der Waals surface area contributed by atoms with Crippen molar-refractivity contribution in [2.45, 2.75) is 26.7 Å². The number of hydrogen-bond donors (Lipinski definition) is 1. The summed E-state index contributed by atoms with van der Waals surface area (Å²) in [6.07, 6.45) is 1.79. The summed E-state index contributed by atoms with van der Waals surface area (Å²) in [6.45, 7) is 6.75. The molecule has 0 aliphatic carbocycles. The molecule has 0 radical (unpaired) electrons. The molecule has 0 saturated heterocycles. The first-order valence-electron chi connectivity index (χ1n) is 5.38. The lowest BCUT2D eigenvalue weighted by atomic mass is 10.3. The van der Waals surface area contributed by atoms with Crippen LogP contribution in [0.2, 0.25) is 0 Å². The van der Waals surface area contributed by atoms with Gasteiger partial charge in [0.1, 0.15) is 0 Å². The van der Waals surface area contributed by atoms with Crippen molar-refractivity contribution in [2.24, 2.45) is 0 Å². The predicted octanol–water partition coefficient (Wildman–Crippen LogP) is 0.625. The highest BCUT2D eigenvalue weighted by Crippen LogP contribution is 2.02. The highest BCUT2D eigenvalue weighted by atomic mass is 16.4. The molecule has 5 nitrogen and oxygen atoms in total. The van der Waals surface area contributed by atoms with Crippen LogP contribution in [0.25, 0.3) is 0 Å². The van der Waals surface area contributed by atoms with E-state index < -0.39 is 0 Å². The summed E-state index contributed by atoms with van der Waals surface area (Å²) in [5.41, 5.74) is 0. The second kappa shape index (κ2) is 6.53. The van der Waals surface area contributed by atoms with Gasteiger partial charge in [0.05, 0.1) is 6.61 Å². The van der Waals surface area contributed by atoms with E-state index in [0.717, 1.165) is 32.5 Å². The normalized spacial score (nSPS) is 11.2. The number of aliphatic hydroxyl groups is 1. The van der Waals surface area contributed by atoms with Crippen LogP contribution in [0.5, 0.6) is 0 Å². The van der Waals surface area contributed by atoms with Gasteiger partial charge in [-0.05, 0) is 19.5 Å². The Kier molecular flexibility index (Phi) is 5.28. The van der Waals surface area contributed by atoms with E-state index in [4.69, 9.17) is 9.52 Å². The Morgan fingerprint density at radius 1 is 1.33 bits per heavy atom. The first kappa shape index (κ1) is 12.1. The zero-order valence-corrected chi connectivity index (χ0v) is 9.44. The van der Waals surface area contributed by atoms with Gasteiger partial charge in [0.15, 0.2) is 0 Å². The summed E-state index contributed by atoms with van der Waals surface area (Å²) in [5, 5.41) is 16.5. The maximum Gasteiger partial charge on any atom is 0.216 e. The Morgan fingerprint density at radius 2 is 2.13 bits per heavy atom. The molecule has 0 aliphatic rings. The SMILES string of the molecule is CCN(CCO)CCCc1nnc(C)o1. The molecule has 15 heavy (non-hydrogen) atoms. The fourth-order valence-corrected chi connectivity index (χ4v) is 1.46. The van der Waals surface area contributed by atoms with E-state index in [0.29, 0.717) is 11.8 Å². The van der Waals surface area contributed by atoms with Crippen LogP contribution in [0, 0.1) is 6.92 Å². The van der Waals surface area contributed by atoms with Gasteiger partial charge in [0.2, 0.25) is 11.8 Å². The van der Waals surface area contributed by atoms with Gasteiger partial charge < -0.3 is 14.4 Å². The maximum absolute atomic E-state index is 8.80. The number of rotatable bonds is 7. The largest absolute Gasteiger partial charge is 0.426 e. The van der Waals surface area contributed by atoms with Crippen LogP contribution in [0.1, 0.15) is 25.1 Å². The first-order chi connectivity index (χ1) is 7.26. The molecule has 0 fully saturated rings. The number of likely N-dealkylation sites (N-methyl/N-ethyl adjacent to an activating group) is 1. The van der Waals surface area contributed by atoms with Gasteiger partial charge >= 0.3 is 0 Å². The summed E-state index contributed by atoms with van der Waals surface area (Å²) >= 11 is 0. The zero-order chi connectivity index (χ0) is 11.1. The van der Waals surface area contributed by atoms with Crippen molar-refractivity contribution in [1.82, 2.24) is 15.1 Å². The van der Waals surface area contributed by atoms with E-state index in [-0.39, 0.29) is 6.61 Å². The zero-order valence-electron chi connectivity index (χ0n) is 9.44. The van der Waals surface area contributed by atoms with Crippen LogP contribution in [0.4, 0.5) is 0 Å². The Bertz CT molecular complexity index is 275. The van der Waals surface area contributed by atoms with E-state index in [2.05, 4.69) is 22.0 Å². The van der Waals surface area contributed by atoms with Crippen LogP contribution in [-0.2, 0) is 6.42 Å². The average Bonchev–Trinajstić information content (AvgIpc) is 2.63. The first-order valence-corrected chi connectivity index (χ1v) is 5.38. The predicted molar refractivity (Wildman–Crippen MR) is 56.6 cm³/mol. The molecule has 0 atom stereocenters. The Labute approximate surface area is 90.1 Å². The van der Waals surface area contributed by atoms with Crippen molar-refractivity contribution in [2.75, 3.05) is 26.2 Å². The number of aliphatic hydroxyl groups excluding tert-OH is 1. The highest BCUT2D eigenvalue weighted by Gasteiger charge is 2.04. The van der Waals surface area contributed by atoms with E-state index in [1.165, 1.54) is 0 Å². The minimum atomic E-state index is 0.216. The highest BCUT2D eigenvalue weighted by molar-refractivity contribution is 4.79. The molecular formula is C10H19N3O2. The third-order valence-electron chi connectivity index (χ3n) is 2.30. The fourth-order valence-electron chi connectivity index (χ4n) is 1.46. The monoisotopic (exact) mass is 213 g/mol. The quantitative estimate of drug-likeness (QED) is 0.719. The summed E-state index contributed by atoms with van der Waals surface area (Å²) < 4.78 is 5.27. The molecule has 1 N–H and O–H groups in total. The summed E-state index contributed by atoms with van der Waals surface area (Å²) in [4.78, 5) is 2.20. The molecule has 0 aromatic carbocycles. The molecule has 0 spiro atoms. The van der Waals surface area contributed by atoms with E-state index in [9.17, 15) is 0 Å². The van der Waals surface area contributed by atoms with E-state index in [1.807, 2.05) is 0 Å². The second-order valence-electron chi connectivity index (χ2n) is 3.48. The van der Waals surface area contributed by atoms with Gasteiger partial charge in [-0.15, -0.1) is 10.2 Å². The van der Waals surface area contributed by atoms with Crippen LogP contribution in [0.3, 0.4) is 0 Å². The number of aromatic nitrogens is 2. The minimum absolute atomic E-state index is 0.216. The second-order valence-corrected chi connectivity index (χ2v) is 3.48. The van der Waals surface area contributed by atoms with Crippen LogP contribution >= 0.6 is 0 Å². The smallest absolute Gasteiger partial charge is 0.216 e. The van der Waals surface area contributed by atoms with Gasteiger partial charge in [0.25, 0.3) is 0 Å². The molecule has 0 saturated carbocycles. The molecule has 1 aromatic rings. The molecule has 0 aliphatic heterocycles. The topological polar surface area (TPSA) is 62.4 Å². The van der Waals surface area contributed by atoms with Gasteiger partial charge in [-0.3, -0.25) is 0 Å². The van der Waals surface area contributed by atoms with Gasteiger partial charge in [-0.1, -0.05) is 6.92 Å². The van der Waals surface area contributed by atoms with Crippen LogP contribution < -0.4 is 0 Å². The molecule has 86 valence electrons. The standard InChI is InChI=1S/C10H19N3O2/c1-3-13(7-8-14)6-4-5-10-12-11-9(2)15-10/h14H,3-8H2,1-2H3. The molecule has 1 rings (SSSR count). The van der Waals surface area contributed by atoms with Crippen LogP contribution in [0.15, 0.2) is 4.42 Å². The summed E-state index contributed by atoms with van der Waals surface area (Å²) in [5.74, 6) is 1.32. The van der Waals surface area contributed by atoms with Gasteiger partial charge in [-0.25, -0.2) is 0 Å². The molecule has 0 bridgehead atoms. The average molecular weight is 213 g/mol. The maximum atomic E-state index is 8.80. The van der Waals surface area contributed by atoms with E-state index in [1.54, 1.807) is 6.92 Å². The summed E-state index contributed by atoms with van der Waals surface area (Å²) in [7, 11) is 0. The van der Waals surface area contributed by atoms with Crippen molar-refractivity contribution in [1.29, 1.82) is 0 Å².